The fourth-order valence-corrected chi connectivity index (χ4v) is 4.93. The first-order valence-corrected chi connectivity index (χ1v) is 10.2. The van der Waals surface area contributed by atoms with Crippen molar-refractivity contribution < 1.29 is 4.79 Å². The number of piperidine rings is 1. The highest BCUT2D eigenvalue weighted by Gasteiger charge is 2.45. The number of aryl methyl sites for hydroxylation is 1. The van der Waals surface area contributed by atoms with Crippen molar-refractivity contribution in [1.82, 2.24) is 14.7 Å². The number of hydrogen-bond donors (Lipinski definition) is 0. The molecular formula is C22H28N4O. The van der Waals surface area contributed by atoms with Crippen LogP contribution in [0.2, 0.25) is 0 Å². The fourth-order valence-electron chi connectivity index (χ4n) is 4.93. The Bertz CT molecular complexity index is 846. The summed E-state index contributed by atoms with van der Waals surface area (Å²) >= 11 is 0. The molecule has 3 aliphatic rings. The second-order valence-corrected chi connectivity index (χ2v) is 8.72. The molecule has 1 aromatic heterocycles. The number of aromatic nitrogens is 2. The monoisotopic (exact) mass is 364 g/mol. The van der Waals surface area contributed by atoms with Gasteiger partial charge in [-0.15, -0.1) is 0 Å². The first-order valence-electron chi connectivity index (χ1n) is 10.2. The molecule has 2 aliphatic heterocycles. The molecule has 0 atom stereocenters. The summed E-state index contributed by atoms with van der Waals surface area (Å²) in [5, 5.41) is 4.28. The SMILES string of the molecule is Cn1cc(CN2CCC3(CC2)CC(=O)N(CC2CC2)c2ccccc23)cn1. The Morgan fingerprint density at radius 3 is 2.67 bits per heavy atom. The van der Waals surface area contributed by atoms with Crippen molar-refractivity contribution >= 4 is 11.6 Å². The Hall–Kier alpha value is -2.14. The molecule has 0 bridgehead atoms. The third kappa shape index (κ3) is 3.18. The summed E-state index contributed by atoms with van der Waals surface area (Å²) < 4.78 is 1.87. The summed E-state index contributed by atoms with van der Waals surface area (Å²) in [4.78, 5) is 17.7. The van der Waals surface area contributed by atoms with E-state index in [0.717, 1.165) is 44.9 Å². The van der Waals surface area contributed by atoms with Crippen LogP contribution in [0.15, 0.2) is 36.7 Å². The summed E-state index contributed by atoms with van der Waals surface area (Å²) in [6.45, 7) is 3.95. The zero-order valence-corrected chi connectivity index (χ0v) is 16.1. The molecule has 1 saturated heterocycles. The second kappa shape index (κ2) is 6.48. The molecule has 27 heavy (non-hydrogen) atoms. The molecular weight excluding hydrogens is 336 g/mol. The molecule has 2 fully saturated rings. The fraction of sp³-hybridized carbons (Fsp3) is 0.545. The highest BCUT2D eigenvalue weighted by Crippen LogP contribution is 2.48. The van der Waals surface area contributed by atoms with E-state index in [1.807, 2.05) is 17.9 Å². The number of hydrogen-bond acceptors (Lipinski definition) is 3. The lowest BCUT2D eigenvalue weighted by molar-refractivity contribution is -0.121. The molecule has 1 aliphatic carbocycles. The predicted molar refractivity (Wildman–Crippen MR) is 106 cm³/mol. The Kier molecular flexibility index (Phi) is 4.08. The van der Waals surface area contributed by atoms with Crippen LogP contribution in [0.4, 0.5) is 5.69 Å². The van der Waals surface area contributed by atoms with E-state index >= 15 is 0 Å². The Morgan fingerprint density at radius 2 is 1.96 bits per heavy atom. The normalized spacial score (nSPS) is 22.3. The number of para-hydroxylation sites is 1. The molecule has 142 valence electrons. The number of likely N-dealkylation sites (tertiary alicyclic amines) is 1. The minimum atomic E-state index is 0.0269. The van der Waals surface area contributed by atoms with E-state index in [4.69, 9.17) is 0 Å². The van der Waals surface area contributed by atoms with Gasteiger partial charge >= 0.3 is 0 Å². The molecule has 3 heterocycles. The van der Waals surface area contributed by atoms with E-state index in [-0.39, 0.29) is 5.41 Å². The number of fused-ring (bicyclic) bond motifs is 2. The number of anilines is 1. The molecule has 1 saturated carbocycles. The zero-order chi connectivity index (χ0) is 18.4. The number of rotatable bonds is 4. The maximum Gasteiger partial charge on any atom is 0.227 e. The summed E-state index contributed by atoms with van der Waals surface area (Å²) in [6.07, 6.45) is 9.41. The van der Waals surface area contributed by atoms with Gasteiger partial charge in [-0.1, -0.05) is 18.2 Å². The molecule has 5 nitrogen and oxygen atoms in total. The van der Waals surface area contributed by atoms with Crippen molar-refractivity contribution in [2.75, 3.05) is 24.5 Å². The number of carbonyl (C=O) groups excluding carboxylic acids is 1. The van der Waals surface area contributed by atoms with Crippen LogP contribution in [0.5, 0.6) is 0 Å². The van der Waals surface area contributed by atoms with Crippen LogP contribution >= 0.6 is 0 Å². The van der Waals surface area contributed by atoms with Crippen LogP contribution in [-0.4, -0.2) is 40.2 Å². The Labute approximate surface area is 161 Å². The van der Waals surface area contributed by atoms with E-state index in [1.54, 1.807) is 0 Å². The standard InChI is InChI=1S/C22H28N4O/c1-24-14-18(13-23-24)15-25-10-8-22(9-11-25)12-21(27)26(16-17-6-7-17)20-5-3-2-4-19(20)22/h2-5,13-14,17H,6-12,15-16H2,1H3. The van der Waals surface area contributed by atoms with Crippen molar-refractivity contribution in [3.05, 3.63) is 47.8 Å². The third-order valence-electron chi connectivity index (χ3n) is 6.67. The number of nitrogens with zero attached hydrogens (tertiary/aromatic N) is 4. The molecule has 1 aromatic carbocycles. The van der Waals surface area contributed by atoms with Gasteiger partial charge in [-0.05, 0) is 56.3 Å². The van der Waals surface area contributed by atoms with Crippen LogP contribution in [-0.2, 0) is 23.8 Å². The van der Waals surface area contributed by atoms with Crippen LogP contribution in [0.1, 0.15) is 43.2 Å². The van der Waals surface area contributed by atoms with Gasteiger partial charge in [0, 0.05) is 49.4 Å². The highest BCUT2D eigenvalue weighted by atomic mass is 16.2. The lowest BCUT2D eigenvalue weighted by atomic mass is 9.67. The Balaban J connectivity index is 1.36. The summed E-state index contributed by atoms with van der Waals surface area (Å²) in [5.74, 6) is 1.05. The van der Waals surface area contributed by atoms with E-state index in [9.17, 15) is 4.79 Å². The maximum absolute atomic E-state index is 13.1. The first-order chi connectivity index (χ1) is 13.1. The maximum atomic E-state index is 13.1. The average Bonchev–Trinajstić information content (AvgIpc) is 3.41. The van der Waals surface area contributed by atoms with Crippen molar-refractivity contribution in [2.45, 2.75) is 44.1 Å². The van der Waals surface area contributed by atoms with Gasteiger partial charge in [-0.25, -0.2) is 0 Å². The van der Waals surface area contributed by atoms with Gasteiger partial charge < -0.3 is 4.90 Å². The van der Waals surface area contributed by atoms with Crippen LogP contribution < -0.4 is 4.90 Å². The summed E-state index contributed by atoms with van der Waals surface area (Å²) in [7, 11) is 1.96. The second-order valence-electron chi connectivity index (χ2n) is 8.72. The molecule has 2 aromatic rings. The number of amides is 1. The minimum absolute atomic E-state index is 0.0269. The van der Waals surface area contributed by atoms with Gasteiger partial charge in [-0.2, -0.15) is 5.10 Å². The lowest BCUT2D eigenvalue weighted by Gasteiger charge is -2.47. The average molecular weight is 364 g/mol. The molecule has 1 amide bonds. The molecule has 5 rings (SSSR count). The van der Waals surface area contributed by atoms with Crippen LogP contribution in [0.3, 0.4) is 0 Å². The predicted octanol–water partition coefficient (Wildman–Crippen LogP) is 3.10. The van der Waals surface area contributed by atoms with Crippen LogP contribution in [0, 0.1) is 5.92 Å². The molecule has 5 heteroatoms. The molecule has 0 radical (unpaired) electrons. The summed E-state index contributed by atoms with van der Waals surface area (Å²) in [6, 6.07) is 8.67. The van der Waals surface area contributed by atoms with Crippen molar-refractivity contribution in [1.29, 1.82) is 0 Å². The first kappa shape index (κ1) is 17.0. The zero-order valence-electron chi connectivity index (χ0n) is 16.1. The van der Waals surface area contributed by atoms with Crippen molar-refractivity contribution in [2.24, 2.45) is 13.0 Å². The van der Waals surface area contributed by atoms with Crippen molar-refractivity contribution in [3.63, 3.8) is 0 Å². The topological polar surface area (TPSA) is 41.4 Å². The third-order valence-corrected chi connectivity index (χ3v) is 6.67. The van der Waals surface area contributed by atoms with E-state index in [2.05, 4.69) is 45.4 Å². The smallest absolute Gasteiger partial charge is 0.227 e. The number of benzene rings is 1. The van der Waals surface area contributed by atoms with Gasteiger partial charge in [0.05, 0.1) is 6.20 Å². The van der Waals surface area contributed by atoms with Crippen LogP contribution in [0.25, 0.3) is 0 Å². The summed E-state index contributed by atoms with van der Waals surface area (Å²) in [5.41, 5.74) is 3.89. The number of carbonyl (C=O) groups is 1. The van der Waals surface area contributed by atoms with Gasteiger partial charge in [0.1, 0.15) is 0 Å². The minimum Gasteiger partial charge on any atom is -0.312 e. The van der Waals surface area contributed by atoms with Gasteiger partial charge in [0.15, 0.2) is 0 Å². The van der Waals surface area contributed by atoms with Gasteiger partial charge in [0.25, 0.3) is 0 Å². The lowest BCUT2D eigenvalue weighted by Crippen LogP contribution is -2.50. The highest BCUT2D eigenvalue weighted by molar-refractivity contribution is 5.98. The Morgan fingerprint density at radius 1 is 1.19 bits per heavy atom. The molecule has 0 unspecified atom stereocenters. The van der Waals surface area contributed by atoms with E-state index in [1.165, 1.54) is 29.7 Å². The van der Waals surface area contributed by atoms with Gasteiger partial charge in [-0.3, -0.25) is 14.4 Å². The molecule has 0 N–H and O–H groups in total. The largest absolute Gasteiger partial charge is 0.312 e. The van der Waals surface area contributed by atoms with E-state index < -0.39 is 0 Å². The molecule has 1 spiro atoms. The quantitative estimate of drug-likeness (QED) is 0.837. The van der Waals surface area contributed by atoms with Gasteiger partial charge in [0.2, 0.25) is 5.91 Å². The van der Waals surface area contributed by atoms with Crippen molar-refractivity contribution in [3.8, 4) is 0 Å². The van der Waals surface area contributed by atoms with E-state index in [0.29, 0.717) is 12.3 Å².